The Morgan fingerprint density at radius 2 is 1.20 bits per heavy atom. The minimum absolute atomic E-state index is 0.319. The van der Waals surface area contributed by atoms with Gasteiger partial charge < -0.3 is 0 Å². The molecule has 0 N–H and O–H groups in total. The fourth-order valence-corrected chi connectivity index (χ4v) is 19.2. The molecule has 0 bridgehead atoms. The molecule has 0 fully saturated rings. The topological polar surface area (TPSA) is 9.23 Å². The molecule has 1 aliphatic rings. The molecule has 1 atom stereocenters. The molecule has 4 heteroatoms. The minimum atomic E-state index is -4.58. The van der Waals surface area contributed by atoms with Gasteiger partial charge in [0.05, 0.1) is 0 Å². The van der Waals surface area contributed by atoms with E-state index in [9.17, 15) is 0 Å². The van der Waals surface area contributed by atoms with Crippen LogP contribution in [0.25, 0.3) is 0 Å². The van der Waals surface area contributed by atoms with E-state index in [1.807, 2.05) is 0 Å². The average Bonchev–Trinajstić information content (AvgIpc) is 3.08. The number of hydrogen-bond acceptors (Lipinski definition) is 1. The van der Waals surface area contributed by atoms with Crippen LogP contribution in [0.1, 0.15) is 43.0 Å². The number of benzene rings is 3. The predicted molar refractivity (Wildman–Crippen MR) is 159 cm³/mol. The van der Waals surface area contributed by atoms with Crippen LogP contribution in [0.3, 0.4) is 0 Å². The van der Waals surface area contributed by atoms with E-state index in [2.05, 4.69) is 109 Å². The molecule has 0 aliphatic heterocycles. The fourth-order valence-electron chi connectivity index (χ4n) is 6.29. The van der Waals surface area contributed by atoms with Gasteiger partial charge in [-0.05, 0) is 0 Å². The van der Waals surface area contributed by atoms with E-state index in [-0.39, 0.29) is 0 Å². The van der Waals surface area contributed by atoms with Crippen molar-refractivity contribution in [3.8, 4) is 5.75 Å². The molecular formula is C31H40OSi2Ti. The maximum absolute atomic E-state index is 7.80. The zero-order chi connectivity index (χ0) is 25.7. The third kappa shape index (κ3) is 3.71. The molecule has 1 unspecified atom stereocenters. The second kappa shape index (κ2) is 9.12. The first-order valence-corrected chi connectivity index (χ1v) is 18.8. The van der Waals surface area contributed by atoms with Gasteiger partial charge in [-0.15, -0.1) is 0 Å². The Labute approximate surface area is 219 Å². The van der Waals surface area contributed by atoms with Crippen molar-refractivity contribution in [2.24, 2.45) is 5.92 Å². The van der Waals surface area contributed by atoms with Gasteiger partial charge in [-0.25, -0.2) is 0 Å². The first kappa shape index (κ1) is 26.0. The van der Waals surface area contributed by atoms with Gasteiger partial charge in [-0.1, -0.05) is 0 Å². The Morgan fingerprint density at radius 1 is 0.714 bits per heavy atom. The Morgan fingerprint density at radius 3 is 1.63 bits per heavy atom. The Kier molecular flexibility index (Phi) is 6.78. The molecule has 0 heterocycles. The molecule has 3 aromatic rings. The summed E-state index contributed by atoms with van der Waals surface area (Å²) in [6, 6.07) is 22.0. The van der Waals surface area contributed by atoms with Gasteiger partial charge in [0.25, 0.3) is 0 Å². The molecular weight excluding hydrogens is 492 g/mol. The third-order valence-electron chi connectivity index (χ3n) is 9.24. The van der Waals surface area contributed by atoms with Gasteiger partial charge in [-0.3, -0.25) is 0 Å². The van der Waals surface area contributed by atoms with E-state index in [1.54, 1.807) is 0 Å². The summed E-state index contributed by atoms with van der Waals surface area (Å²) in [5.74, 6) is 1.38. The molecule has 0 spiro atoms. The molecule has 3 aromatic carbocycles. The molecule has 1 aliphatic carbocycles. The zero-order valence-electron chi connectivity index (χ0n) is 23.0. The molecule has 0 radical (unpaired) electrons. The molecule has 182 valence electrons. The molecule has 4 rings (SSSR count). The van der Waals surface area contributed by atoms with Crippen LogP contribution in [0.2, 0.25) is 0 Å². The Bertz CT molecular complexity index is 1370. The number of hydrogen-bond donors (Lipinski definition) is 0. The van der Waals surface area contributed by atoms with Crippen LogP contribution in [0.4, 0.5) is 0 Å². The van der Waals surface area contributed by atoms with Crippen molar-refractivity contribution in [2.45, 2.75) is 48.5 Å². The number of allylic oxidation sites excluding steroid dienone is 4. The summed E-state index contributed by atoms with van der Waals surface area (Å²) >= 11 is -4.58. The average molecular weight is 533 g/mol. The van der Waals surface area contributed by atoms with Gasteiger partial charge in [0.2, 0.25) is 0 Å². The molecule has 0 aromatic heterocycles. The summed E-state index contributed by atoms with van der Waals surface area (Å²) in [5.41, 5.74) is 8.24. The Balaban J connectivity index is 2.22. The van der Waals surface area contributed by atoms with Gasteiger partial charge in [0, 0.05) is 0 Å². The normalized spacial score (nSPS) is 17.0. The van der Waals surface area contributed by atoms with Crippen molar-refractivity contribution >= 4 is 38.2 Å². The van der Waals surface area contributed by atoms with Crippen LogP contribution < -0.4 is 16.2 Å². The van der Waals surface area contributed by atoms with Crippen LogP contribution in [0, 0.1) is 33.6 Å². The molecule has 0 amide bonds. The first-order valence-electron chi connectivity index (χ1n) is 12.7. The van der Waals surface area contributed by atoms with Crippen molar-refractivity contribution in [3.05, 3.63) is 103 Å². The summed E-state index contributed by atoms with van der Waals surface area (Å²) in [5, 5.41) is 2.95. The van der Waals surface area contributed by atoms with E-state index in [4.69, 9.17) is 8.14 Å². The van der Waals surface area contributed by atoms with Crippen LogP contribution in [-0.4, -0.2) is 25.3 Å². The van der Waals surface area contributed by atoms with Crippen LogP contribution in [0.5, 0.6) is 5.75 Å². The maximum atomic E-state index is 7.80. The Hall–Kier alpha value is -2.04. The molecule has 1 nitrogen and oxygen atoms in total. The zero-order valence-corrected chi connectivity index (χ0v) is 28.5. The van der Waals surface area contributed by atoms with Crippen LogP contribution in [-0.2, 0) is 15.2 Å². The van der Waals surface area contributed by atoms with Crippen molar-refractivity contribution in [1.82, 2.24) is 0 Å². The van der Waals surface area contributed by atoms with E-state index < -0.39 is 15.2 Å². The predicted octanol–water partition coefficient (Wildman–Crippen LogP) is 3.54. The van der Waals surface area contributed by atoms with E-state index in [1.165, 1.54) is 55.4 Å². The second-order valence-electron chi connectivity index (χ2n) is 10.7. The summed E-state index contributed by atoms with van der Waals surface area (Å²) in [7, 11) is 1.98. The quantitative estimate of drug-likeness (QED) is 0.457. The van der Waals surface area contributed by atoms with E-state index in [0.717, 1.165) is 26.2 Å². The second-order valence-corrected chi connectivity index (χ2v) is 19.9. The fraction of sp³-hybridized carbons (Fsp3) is 0.258. The molecule has 0 saturated heterocycles. The van der Waals surface area contributed by atoms with Gasteiger partial charge in [0.1, 0.15) is 0 Å². The number of rotatable bonds is 5. The van der Waals surface area contributed by atoms with Gasteiger partial charge in [0.15, 0.2) is 0 Å². The van der Waals surface area contributed by atoms with Crippen molar-refractivity contribution < 1.29 is 18.5 Å². The SMILES string of the molecule is [CH2]=[Ti]([O]c1c(C)c(C)c(C)c([SiH3])c1C)([C]1=C([SiH3])C(C)=C(C)C1C)([c]1ccccc1)[c]1ccccc1. The third-order valence-corrected chi connectivity index (χ3v) is 21.7. The standard InChI is InChI=1S/C10H16OSi.C8H13Si.2C6H5.CH2.Ti/c1-5-6(2)9(11)8(4)10(12)7(5)3;1-5-4-8(9)7(3)6(5)2;2*1-2-4-6-5-3-1;;/h11H,1-4,12H3;5H,1-3,9H3;2*1-5H;1H2;/q;;;;;+1/p-1. The molecule has 35 heavy (non-hydrogen) atoms. The van der Waals surface area contributed by atoms with E-state index >= 15 is 0 Å². The monoisotopic (exact) mass is 532 g/mol. The molecule has 0 saturated carbocycles. The summed E-state index contributed by atoms with van der Waals surface area (Å²) in [6.07, 6.45) is 0. The van der Waals surface area contributed by atoms with Crippen molar-refractivity contribution in [1.29, 1.82) is 0 Å². The summed E-state index contributed by atoms with van der Waals surface area (Å²) < 4.78 is 11.8. The first-order chi connectivity index (χ1) is 16.4. The summed E-state index contributed by atoms with van der Waals surface area (Å²) in [6.45, 7) is 16.0. The van der Waals surface area contributed by atoms with Crippen molar-refractivity contribution in [2.75, 3.05) is 0 Å². The van der Waals surface area contributed by atoms with Gasteiger partial charge >= 0.3 is 220 Å². The van der Waals surface area contributed by atoms with Crippen LogP contribution in [0.15, 0.2) is 80.9 Å². The van der Waals surface area contributed by atoms with Crippen LogP contribution >= 0.6 is 0 Å². The van der Waals surface area contributed by atoms with E-state index in [0.29, 0.717) is 5.92 Å². The van der Waals surface area contributed by atoms with Crippen molar-refractivity contribution in [3.63, 3.8) is 0 Å². The van der Waals surface area contributed by atoms with Gasteiger partial charge in [-0.2, -0.15) is 0 Å². The summed E-state index contributed by atoms with van der Waals surface area (Å²) in [4.78, 5) is 5.37.